The SMILES string of the molecule is COc1ccccc1NC(=O)c1ccc(NC(=O)NCC2CCCCC2)cc1. The van der Waals surface area contributed by atoms with Gasteiger partial charge in [-0.15, -0.1) is 0 Å². The monoisotopic (exact) mass is 381 g/mol. The number of methoxy groups -OCH3 is 1. The first kappa shape index (κ1) is 19.7. The van der Waals surface area contributed by atoms with Crippen LogP contribution in [0.3, 0.4) is 0 Å². The summed E-state index contributed by atoms with van der Waals surface area (Å²) in [6.07, 6.45) is 6.20. The minimum atomic E-state index is -0.238. The third kappa shape index (κ3) is 5.49. The second kappa shape index (κ2) is 9.78. The lowest BCUT2D eigenvalue weighted by atomic mass is 9.89. The molecule has 1 aliphatic rings. The summed E-state index contributed by atoms with van der Waals surface area (Å²) in [7, 11) is 1.56. The average molecular weight is 381 g/mol. The maximum atomic E-state index is 12.4. The highest BCUT2D eigenvalue weighted by Gasteiger charge is 2.14. The van der Waals surface area contributed by atoms with Crippen molar-refractivity contribution in [2.24, 2.45) is 5.92 Å². The molecular weight excluding hydrogens is 354 g/mol. The summed E-state index contributed by atoms with van der Waals surface area (Å²) in [6, 6.07) is 13.8. The van der Waals surface area contributed by atoms with E-state index in [1.54, 1.807) is 43.5 Å². The van der Waals surface area contributed by atoms with Gasteiger partial charge in [0.2, 0.25) is 0 Å². The molecule has 2 aromatic rings. The fourth-order valence-electron chi connectivity index (χ4n) is 3.45. The molecule has 0 heterocycles. The molecule has 0 saturated heterocycles. The van der Waals surface area contributed by atoms with E-state index in [0.717, 1.165) is 0 Å². The first-order valence-corrected chi connectivity index (χ1v) is 9.75. The minimum absolute atomic E-state index is 0.211. The smallest absolute Gasteiger partial charge is 0.319 e. The lowest BCUT2D eigenvalue weighted by molar-refractivity contribution is 0.102. The summed E-state index contributed by atoms with van der Waals surface area (Å²) in [5, 5.41) is 8.59. The number of hydrogen-bond donors (Lipinski definition) is 3. The number of para-hydroxylation sites is 2. The van der Waals surface area contributed by atoms with Crippen LogP contribution >= 0.6 is 0 Å². The number of carbonyl (C=O) groups is 2. The number of benzene rings is 2. The molecule has 148 valence electrons. The Kier molecular flexibility index (Phi) is 6.89. The summed E-state index contributed by atoms with van der Waals surface area (Å²) in [5.74, 6) is 0.946. The highest BCUT2D eigenvalue weighted by Crippen LogP contribution is 2.24. The van der Waals surface area contributed by atoms with Crippen molar-refractivity contribution in [3.05, 3.63) is 54.1 Å². The van der Waals surface area contributed by atoms with Gasteiger partial charge in [0.15, 0.2) is 0 Å². The fourth-order valence-corrected chi connectivity index (χ4v) is 3.45. The van der Waals surface area contributed by atoms with Gasteiger partial charge in [-0.25, -0.2) is 4.79 Å². The summed E-state index contributed by atoms with van der Waals surface area (Å²) in [6.45, 7) is 0.714. The van der Waals surface area contributed by atoms with Crippen molar-refractivity contribution in [1.29, 1.82) is 0 Å². The molecule has 0 spiro atoms. The van der Waals surface area contributed by atoms with E-state index in [1.165, 1.54) is 32.1 Å². The Morgan fingerprint density at radius 1 is 0.964 bits per heavy atom. The number of anilines is 2. The number of ether oxygens (including phenoxy) is 1. The molecule has 0 radical (unpaired) electrons. The molecule has 0 aromatic heterocycles. The molecule has 3 amide bonds. The van der Waals surface area contributed by atoms with E-state index in [-0.39, 0.29) is 11.9 Å². The van der Waals surface area contributed by atoms with Crippen LogP contribution in [0.25, 0.3) is 0 Å². The molecule has 28 heavy (non-hydrogen) atoms. The van der Waals surface area contributed by atoms with Crippen LogP contribution in [0, 0.1) is 5.92 Å². The molecule has 6 heteroatoms. The Hall–Kier alpha value is -3.02. The summed E-state index contributed by atoms with van der Waals surface area (Å²) in [4.78, 5) is 24.5. The van der Waals surface area contributed by atoms with Crippen molar-refractivity contribution in [2.45, 2.75) is 32.1 Å². The molecule has 1 aliphatic carbocycles. The number of nitrogens with one attached hydrogen (secondary N) is 3. The first-order chi connectivity index (χ1) is 13.7. The standard InChI is InChI=1S/C22H27N3O3/c1-28-20-10-6-5-9-19(20)25-21(26)17-11-13-18(14-12-17)24-22(27)23-15-16-7-3-2-4-8-16/h5-6,9-14,16H,2-4,7-8,15H2,1H3,(H,25,26)(H2,23,24,27). The van der Waals surface area contributed by atoms with Crippen LogP contribution in [0.4, 0.5) is 16.2 Å². The van der Waals surface area contributed by atoms with Crippen molar-refractivity contribution in [3.63, 3.8) is 0 Å². The maximum Gasteiger partial charge on any atom is 0.319 e. The largest absolute Gasteiger partial charge is 0.495 e. The predicted octanol–water partition coefficient (Wildman–Crippen LogP) is 4.65. The van der Waals surface area contributed by atoms with Gasteiger partial charge in [-0.2, -0.15) is 0 Å². The van der Waals surface area contributed by atoms with Gasteiger partial charge in [0.25, 0.3) is 5.91 Å². The molecule has 0 atom stereocenters. The quantitative estimate of drug-likeness (QED) is 0.681. The van der Waals surface area contributed by atoms with Crippen LogP contribution in [0.15, 0.2) is 48.5 Å². The van der Waals surface area contributed by atoms with Gasteiger partial charge >= 0.3 is 6.03 Å². The molecule has 0 aliphatic heterocycles. The van der Waals surface area contributed by atoms with Crippen molar-refractivity contribution >= 4 is 23.3 Å². The van der Waals surface area contributed by atoms with Crippen molar-refractivity contribution in [2.75, 3.05) is 24.3 Å². The number of carbonyl (C=O) groups excluding carboxylic acids is 2. The molecular formula is C22H27N3O3. The zero-order valence-electron chi connectivity index (χ0n) is 16.2. The van der Waals surface area contributed by atoms with Crippen molar-refractivity contribution < 1.29 is 14.3 Å². The van der Waals surface area contributed by atoms with Crippen LogP contribution in [0.1, 0.15) is 42.5 Å². The average Bonchev–Trinajstić information content (AvgIpc) is 2.74. The summed E-state index contributed by atoms with van der Waals surface area (Å²) in [5.41, 5.74) is 1.76. The third-order valence-corrected chi connectivity index (χ3v) is 5.04. The summed E-state index contributed by atoms with van der Waals surface area (Å²) < 4.78 is 5.24. The maximum absolute atomic E-state index is 12.4. The molecule has 1 saturated carbocycles. The van der Waals surface area contributed by atoms with E-state index in [9.17, 15) is 9.59 Å². The second-order valence-electron chi connectivity index (χ2n) is 7.07. The Morgan fingerprint density at radius 3 is 2.39 bits per heavy atom. The molecule has 2 aromatic carbocycles. The van der Waals surface area contributed by atoms with Gasteiger partial charge in [0, 0.05) is 17.8 Å². The van der Waals surface area contributed by atoms with Crippen LogP contribution in [-0.4, -0.2) is 25.6 Å². The molecule has 0 unspecified atom stereocenters. The molecule has 0 bridgehead atoms. The lowest BCUT2D eigenvalue weighted by Gasteiger charge is -2.21. The Morgan fingerprint density at radius 2 is 1.68 bits per heavy atom. The number of hydrogen-bond acceptors (Lipinski definition) is 3. The normalized spacial score (nSPS) is 14.2. The lowest BCUT2D eigenvalue weighted by Crippen LogP contribution is -2.33. The number of urea groups is 1. The van der Waals surface area contributed by atoms with E-state index in [4.69, 9.17) is 4.74 Å². The van der Waals surface area contributed by atoms with Gasteiger partial charge in [-0.05, 0) is 55.2 Å². The third-order valence-electron chi connectivity index (χ3n) is 5.04. The first-order valence-electron chi connectivity index (χ1n) is 9.75. The van der Waals surface area contributed by atoms with Gasteiger partial charge in [-0.3, -0.25) is 4.79 Å². The predicted molar refractivity (Wildman–Crippen MR) is 111 cm³/mol. The van der Waals surface area contributed by atoms with E-state index in [1.807, 2.05) is 12.1 Å². The van der Waals surface area contributed by atoms with Crippen LogP contribution in [0.5, 0.6) is 5.75 Å². The highest BCUT2D eigenvalue weighted by atomic mass is 16.5. The topological polar surface area (TPSA) is 79.5 Å². The molecule has 3 N–H and O–H groups in total. The minimum Gasteiger partial charge on any atom is -0.495 e. The van der Waals surface area contributed by atoms with Crippen LogP contribution < -0.4 is 20.7 Å². The van der Waals surface area contributed by atoms with Gasteiger partial charge in [0.1, 0.15) is 5.75 Å². The van der Waals surface area contributed by atoms with Crippen LogP contribution in [-0.2, 0) is 0 Å². The second-order valence-corrected chi connectivity index (χ2v) is 7.07. The van der Waals surface area contributed by atoms with Gasteiger partial charge < -0.3 is 20.7 Å². The zero-order chi connectivity index (χ0) is 19.8. The van der Waals surface area contributed by atoms with Gasteiger partial charge in [-0.1, -0.05) is 31.4 Å². The number of amides is 3. The van der Waals surface area contributed by atoms with E-state index in [0.29, 0.717) is 35.2 Å². The van der Waals surface area contributed by atoms with E-state index >= 15 is 0 Å². The van der Waals surface area contributed by atoms with E-state index in [2.05, 4.69) is 16.0 Å². The number of rotatable bonds is 6. The fraction of sp³-hybridized carbons (Fsp3) is 0.364. The van der Waals surface area contributed by atoms with Crippen molar-refractivity contribution in [3.8, 4) is 5.75 Å². The zero-order valence-corrected chi connectivity index (χ0v) is 16.2. The van der Waals surface area contributed by atoms with Crippen molar-refractivity contribution in [1.82, 2.24) is 5.32 Å². The molecule has 3 rings (SSSR count). The Bertz CT molecular complexity index is 799. The van der Waals surface area contributed by atoms with Gasteiger partial charge in [0.05, 0.1) is 12.8 Å². The summed E-state index contributed by atoms with van der Waals surface area (Å²) >= 11 is 0. The Labute approximate surface area is 165 Å². The van der Waals surface area contributed by atoms with Crippen LogP contribution in [0.2, 0.25) is 0 Å². The molecule has 6 nitrogen and oxygen atoms in total. The highest BCUT2D eigenvalue weighted by molar-refractivity contribution is 6.05. The van der Waals surface area contributed by atoms with E-state index < -0.39 is 0 Å². The molecule has 1 fully saturated rings. The Balaban J connectivity index is 1.51.